The van der Waals surface area contributed by atoms with Crippen molar-refractivity contribution in [1.82, 2.24) is 0 Å². The van der Waals surface area contributed by atoms with Crippen LogP contribution in [0.15, 0.2) is 215 Å². The van der Waals surface area contributed by atoms with E-state index in [0.717, 1.165) is 111 Å². The van der Waals surface area contributed by atoms with E-state index in [1.165, 1.54) is 0 Å². The smallest absolute Gasteiger partial charge is 0.143 e. The van der Waals surface area contributed by atoms with Crippen LogP contribution in [0.4, 0.5) is 0 Å². The van der Waals surface area contributed by atoms with E-state index in [0.29, 0.717) is 0 Å². The normalized spacial score (nSPS) is 11.6. The van der Waals surface area contributed by atoms with E-state index in [1.807, 2.05) is 12.1 Å². The van der Waals surface area contributed by atoms with Gasteiger partial charge >= 0.3 is 0 Å². The van der Waals surface area contributed by atoms with Gasteiger partial charge in [-0.2, -0.15) is 0 Å². The van der Waals surface area contributed by atoms with E-state index < -0.39 is 0 Å². The van der Waals surface area contributed by atoms with Gasteiger partial charge in [0.2, 0.25) is 0 Å². The van der Waals surface area contributed by atoms with Crippen LogP contribution < -0.4 is 0 Å². The van der Waals surface area contributed by atoms with E-state index in [1.54, 1.807) is 0 Å². The lowest BCUT2D eigenvalue weighted by Gasteiger charge is -2.18. The van der Waals surface area contributed by atoms with Crippen LogP contribution in [-0.2, 0) is 0 Å². The molecule has 0 unspecified atom stereocenters. The minimum Gasteiger partial charge on any atom is -0.455 e. The van der Waals surface area contributed by atoms with Gasteiger partial charge in [-0.3, -0.25) is 0 Å². The molecule has 0 bridgehead atoms. The van der Waals surface area contributed by atoms with Crippen molar-refractivity contribution in [3.8, 4) is 67.2 Å². The van der Waals surface area contributed by atoms with E-state index in [-0.39, 0.29) is 0 Å². The fraction of sp³-hybridized carbons (Fsp3) is 0. The Kier molecular flexibility index (Phi) is 7.53. The van der Waals surface area contributed by atoms with Crippen LogP contribution >= 0.6 is 0 Å². The Morgan fingerprint density at radius 1 is 0.214 bits per heavy atom. The predicted molar refractivity (Wildman–Crippen MR) is 234 cm³/mol. The summed E-state index contributed by atoms with van der Waals surface area (Å²) in [6.07, 6.45) is 0. The van der Waals surface area contributed by atoms with Gasteiger partial charge in [-0.15, -0.1) is 0 Å². The van der Waals surface area contributed by atoms with Crippen molar-refractivity contribution in [2.24, 2.45) is 0 Å². The molecule has 0 radical (unpaired) electrons. The van der Waals surface area contributed by atoms with Crippen LogP contribution in [0, 0.1) is 0 Å². The summed E-state index contributed by atoms with van der Waals surface area (Å²) in [5, 5.41) is 6.80. The summed E-state index contributed by atoms with van der Waals surface area (Å²) < 4.78 is 14.2. The first-order valence-corrected chi connectivity index (χ1v) is 19.1. The zero-order valence-corrected chi connectivity index (χ0v) is 30.4. The van der Waals surface area contributed by atoms with Crippen molar-refractivity contribution in [2.75, 3.05) is 0 Å². The number of hydrogen-bond donors (Lipinski definition) is 0. The molecule has 9 aromatic carbocycles. The molecule has 0 spiro atoms. The Morgan fingerprint density at radius 3 is 0.839 bits per heavy atom. The zero-order valence-electron chi connectivity index (χ0n) is 30.4. The highest BCUT2D eigenvalue weighted by molar-refractivity contribution is 6.25. The number of furan rings is 2. The minimum atomic E-state index is 0.873. The van der Waals surface area contributed by atoms with Crippen molar-refractivity contribution in [2.45, 2.75) is 0 Å². The quantitative estimate of drug-likeness (QED) is 0.160. The molecular weight excluding hydrogens is 681 g/mol. The molecule has 0 N–H and O–H groups in total. The van der Waals surface area contributed by atoms with Crippen LogP contribution in [0.1, 0.15) is 0 Å². The Labute approximate surface area is 324 Å². The lowest BCUT2D eigenvalue weighted by atomic mass is 9.85. The third kappa shape index (κ3) is 5.04. The maximum atomic E-state index is 7.08. The summed E-state index contributed by atoms with van der Waals surface area (Å²) >= 11 is 0. The molecular formula is C54H34O2. The van der Waals surface area contributed by atoms with Gasteiger partial charge in [0.15, 0.2) is 0 Å². The summed E-state index contributed by atoms with van der Waals surface area (Å²) in [6, 6.07) is 72.9. The number of fused-ring (bicyclic) bond motifs is 4. The first kappa shape index (κ1) is 32.0. The van der Waals surface area contributed by atoms with Gasteiger partial charge in [0, 0.05) is 55.3 Å². The lowest BCUT2D eigenvalue weighted by molar-refractivity contribution is 0.633. The Balaban J connectivity index is 1.22. The maximum Gasteiger partial charge on any atom is 0.143 e. The Morgan fingerprint density at radius 2 is 0.500 bits per heavy atom. The fourth-order valence-electron chi connectivity index (χ4n) is 8.71. The average molecular weight is 715 g/mol. The van der Waals surface area contributed by atoms with Crippen LogP contribution in [0.25, 0.3) is 111 Å². The SMILES string of the molecule is c1ccc(-c2oc3c(-c4c5ccccc5c(-c5cccc6c(-c7ccccc7)c(-c7ccccc7)oc56)c5ccccc45)cccc3c2-c2ccccc2)cc1. The summed E-state index contributed by atoms with van der Waals surface area (Å²) in [5.74, 6) is 1.75. The van der Waals surface area contributed by atoms with E-state index in [2.05, 4.69) is 194 Å². The summed E-state index contributed by atoms with van der Waals surface area (Å²) in [7, 11) is 0. The first-order valence-electron chi connectivity index (χ1n) is 19.1. The monoisotopic (exact) mass is 714 g/mol. The molecule has 2 heteroatoms. The molecule has 56 heavy (non-hydrogen) atoms. The Bertz CT molecular complexity index is 2930. The zero-order chi connectivity index (χ0) is 37.0. The van der Waals surface area contributed by atoms with Gasteiger partial charge < -0.3 is 8.83 Å². The molecule has 11 aromatic rings. The third-order valence-electron chi connectivity index (χ3n) is 11.1. The molecule has 2 heterocycles. The third-order valence-corrected chi connectivity index (χ3v) is 11.1. The molecule has 0 saturated carbocycles. The molecule has 262 valence electrons. The second kappa shape index (κ2) is 13.2. The van der Waals surface area contributed by atoms with Crippen LogP contribution in [0.5, 0.6) is 0 Å². The van der Waals surface area contributed by atoms with Gasteiger partial charge in [-0.1, -0.05) is 206 Å². The van der Waals surface area contributed by atoms with Crippen molar-refractivity contribution in [1.29, 1.82) is 0 Å². The second-order valence-corrected chi connectivity index (χ2v) is 14.3. The fourth-order valence-corrected chi connectivity index (χ4v) is 8.71. The molecule has 0 amide bonds. The highest BCUT2D eigenvalue weighted by atomic mass is 16.3. The number of benzene rings is 9. The molecule has 2 nitrogen and oxygen atoms in total. The summed E-state index contributed by atoms with van der Waals surface area (Å²) in [6.45, 7) is 0. The van der Waals surface area contributed by atoms with Crippen molar-refractivity contribution >= 4 is 43.5 Å². The topological polar surface area (TPSA) is 26.3 Å². The molecule has 0 saturated heterocycles. The van der Waals surface area contributed by atoms with Gasteiger partial charge in [0.05, 0.1) is 0 Å². The Hall–Kier alpha value is -7.42. The standard InChI is InChI=1S/C54H34O2/c1-5-19-35(20-6-1)47-43-31-17-33-45(53(43)55-51(47)37-23-9-3-10-24-37)49-39-27-13-15-29-41(39)50(42-30-16-14-28-40(42)49)46-34-18-32-44-48(36-21-7-2-8-22-36)52(56-54(44)46)38-25-11-4-12-26-38/h1-34H. The van der Waals surface area contributed by atoms with Gasteiger partial charge in [-0.25, -0.2) is 0 Å². The largest absolute Gasteiger partial charge is 0.455 e. The molecule has 11 rings (SSSR count). The van der Waals surface area contributed by atoms with Crippen LogP contribution in [0.2, 0.25) is 0 Å². The number of hydrogen-bond acceptors (Lipinski definition) is 2. The summed E-state index contributed by atoms with van der Waals surface area (Å²) in [4.78, 5) is 0. The molecule has 0 aliphatic carbocycles. The molecule has 0 atom stereocenters. The maximum absolute atomic E-state index is 7.08. The van der Waals surface area contributed by atoms with Crippen molar-refractivity contribution in [3.05, 3.63) is 206 Å². The van der Waals surface area contributed by atoms with E-state index >= 15 is 0 Å². The van der Waals surface area contributed by atoms with Gasteiger partial charge in [0.1, 0.15) is 22.7 Å². The molecule has 0 aliphatic rings. The first-order chi connectivity index (χ1) is 27.8. The second-order valence-electron chi connectivity index (χ2n) is 14.3. The highest BCUT2D eigenvalue weighted by Gasteiger charge is 2.26. The average Bonchev–Trinajstić information content (AvgIpc) is 3.87. The van der Waals surface area contributed by atoms with Crippen molar-refractivity contribution < 1.29 is 8.83 Å². The number of para-hydroxylation sites is 2. The minimum absolute atomic E-state index is 0.873. The van der Waals surface area contributed by atoms with Crippen LogP contribution in [0.3, 0.4) is 0 Å². The number of rotatable bonds is 6. The predicted octanol–water partition coefficient (Wildman–Crippen LogP) is 15.5. The molecule has 2 aromatic heterocycles. The van der Waals surface area contributed by atoms with E-state index in [9.17, 15) is 0 Å². The highest BCUT2D eigenvalue weighted by Crippen LogP contribution is 2.51. The van der Waals surface area contributed by atoms with Crippen LogP contribution in [-0.4, -0.2) is 0 Å². The van der Waals surface area contributed by atoms with Gasteiger partial charge in [0.25, 0.3) is 0 Å². The summed E-state index contributed by atoms with van der Waals surface area (Å²) in [5.41, 5.74) is 12.8. The van der Waals surface area contributed by atoms with E-state index in [4.69, 9.17) is 8.83 Å². The van der Waals surface area contributed by atoms with Gasteiger partial charge in [-0.05, 0) is 32.7 Å². The molecule has 0 fully saturated rings. The van der Waals surface area contributed by atoms with Crippen molar-refractivity contribution in [3.63, 3.8) is 0 Å². The molecule has 0 aliphatic heterocycles. The lowest BCUT2D eigenvalue weighted by Crippen LogP contribution is -1.91.